The van der Waals surface area contributed by atoms with Gasteiger partial charge in [-0.1, -0.05) is 0 Å². The third-order valence-corrected chi connectivity index (χ3v) is 5.72. The molecule has 10 nitrogen and oxygen atoms in total. The number of benzene rings is 1. The summed E-state index contributed by atoms with van der Waals surface area (Å²) in [6.45, 7) is 1.63. The lowest BCUT2D eigenvalue weighted by Crippen LogP contribution is -2.35. The third-order valence-electron chi connectivity index (χ3n) is 5.72. The van der Waals surface area contributed by atoms with Gasteiger partial charge >= 0.3 is 0 Å². The molecule has 0 bridgehead atoms. The van der Waals surface area contributed by atoms with Gasteiger partial charge in [-0.15, -0.1) is 0 Å². The van der Waals surface area contributed by atoms with Crippen molar-refractivity contribution in [3.05, 3.63) is 42.4 Å². The standard InChI is InChI=1S/C21H22N6O4/c28-11-13-2-6-26(7-3-13)17-9-18-16(24-19(29)12-31-18)8-15(17)25-21(30)14-10-23-27-5-1-4-22-20(14)27/h1,4-5,8-10,13,28H,2-3,6-7,11-12H2,(H,24,29)(H,25,30). The molecule has 0 spiro atoms. The third kappa shape index (κ3) is 3.66. The minimum absolute atomic E-state index is 0.0429. The van der Waals surface area contributed by atoms with E-state index in [1.54, 1.807) is 24.5 Å². The van der Waals surface area contributed by atoms with E-state index in [4.69, 9.17) is 4.74 Å². The van der Waals surface area contributed by atoms with Crippen LogP contribution in [0.15, 0.2) is 36.8 Å². The summed E-state index contributed by atoms with van der Waals surface area (Å²) in [5, 5.41) is 19.4. The van der Waals surface area contributed by atoms with Gasteiger partial charge in [0.1, 0.15) is 11.3 Å². The number of aromatic nitrogens is 3. The Morgan fingerprint density at radius 2 is 2.16 bits per heavy atom. The number of aliphatic hydroxyl groups excluding tert-OH is 1. The molecule has 3 aromatic rings. The van der Waals surface area contributed by atoms with Crippen molar-refractivity contribution in [1.29, 1.82) is 0 Å². The quantitative estimate of drug-likeness (QED) is 0.583. The highest BCUT2D eigenvalue weighted by Gasteiger charge is 2.26. The lowest BCUT2D eigenvalue weighted by atomic mass is 9.97. The molecule has 1 fully saturated rings. The van der Waals surface area contributed by atoms with E-state index < -0.39 is 0 Å². The maximum Gasteiger partial charge on any atom is 0.262 e. The zero-order valence-electron chi connectivity index (χ0n) is 16.7. The van der Waals surface area contributed by atoms with Crippen LogP contribution in [-0.4, -0.2) is 57.8 Å². The highest BCUT2D eigenvalue weighted by atomic mass is 16.5. The van der Waals surface area contributed by atoms with E-state index in [0.29, 0.717) is 28.3 Å². The van der Waals surface area contributed by atoms with Crippen molar-refractivity contribution in [3.8, 4) is 5.75 Å². The summed E-state index contributed by atoms with van der Waals surface area (Å²) in [5.41, 5.74) is 2.69. The van der Waals surface area contributed by atoms with Crippen molar-refractivity contribution in [1.82, 2.24) is 14.6 Å². The summed E-state index contributed by atoms with van der Waals surface area (Å²) >= 11 is 0. The molecule has 0 saturated carbocycles. The lowest BCUT2D eigenvalue weighted by Gasteiger charge is -2.35. The first-order valence-corrected chi connectivity index (χ1v) is 10.2. The number of nitrogens with one attached hydrogen (secondary N) is 2. The second-order valence-corrected chi connectivity index (χ2v) is 7.72. The largest absolute Gasteiger partial charge is 0.482 e. The van der Waals surface area contributed by atoms with Crippen molar-refractivity contribution < 1.29 is 19.4 Å². The molecule has 160 valence electrons. The van der Waals surface area contributed by atoms with Crippen LogP contribution in [0.25, 0.3) is 5.65 Å². The van der Waals surface area contributed by atoms with Crippen molar-refractivity contribution in [2.45, 2.75) is 12.8 Å². The zero-order chi connectivity index (χ0) is 21.4. The van der Waals surface area contributed by atoms with Gasteiger partial charge in [0.15, 0.2) is 12.3 Å². The Hall–Kier alpha value is -3.66. The van der Waals surface area contributed by atoms with Crippen LogP contribution in [0.4, 0.5) is 17.1 Å². The van der Waals surface area contributed by atoms with E-state index in [1.807, 2.05) is 6.07 Å². The maximum absolute atomic E-state index is 13.1. The first-order valence-electron chi connectivity index (χ1n) is 10.2. The van der Waals surface area contributed by atoms with Crippen LogP contribution in [0.2, 0.25) is 0 Å². The molecule has 1 aromatic carbocycles. The molecule has 10 heteroatoms. The highest BCUT2D eigenvalue weighted by molar-refractivity contribution is 6.10. The number of hydrogen-bond donors (Lipinski definition) is 3. The van der Waals surface area contributed by atoms with Crippen molar-refractivity contribution in [3.63, 3.8) is 0 Å². The molecule has 3 N–H and O–H groups in total. The van der Waals surface area contributed by atoms with Crippen LogP contribution in [0.5, 0.6) is 5.75 Å². The summed E-state index contributed by atoms with van der Waals surface area (Å²) in [4.78, 5) is 31.3. The van der Waals surface area contributed by atoms with Crippen LogP contribution in [0.3, 0.4) is 0 Å². The molecule has 2 aliphatic heterocycles. The molecular formula is C21H22N6O4. The Morgan fingerprint density at radius 1 is 1.32 bits per heavy atom. The Kier molecular flexibility index (Phi) is 4.91. The minimum Gasteiger partial charge on any atom is -0.482 e. The van der Waals surface area contributed by atoms with Crippen molar-refractivity contribution in [2.75, 3.05) is 41.8 Å². The number of anilines is 3. The molecule has 0 atom stereocenters. The maximum atomic E-state index is 13.1. The van der Waals surface area contributed by atoms with Crippen LogP contribution in [0.1, 0.15) is 23.2 Å². The fourth-order valence-electron chi connectivity index (χ4n) is 4.01. The fraction of sp³-hybridized carbons (Fsp3) is 0.333. The summed E-state index contributed by atoms with van der Waals surface area (Å²) in [5.74, 6) is 0.262. The number of rotatable bonds is 4. The monoisotopic (exact) mass is 422 g/mol. The van der Waals surface area contributed by atoms with E-state index in [1.165, 1.54) is 10.7 Å². The predicted octanol–water partition coefficient (Wildman–Crippen LogP) is 1.52. The summed E-state index contributed by atoms with van der Waals surface area (Å²) in [6.07, 6.45) is 6.53. The summed E-state index contributed by atoms with van der Waals surface area (Å²) < 4.78 is 7.12. The molecule has 2 amide bonds. The summed E-state index contributed by atoms with van der Waals surface area (Å²) in [6, 6.07) is 5.30. The van der Waals surface area contributed by atoms with Crippen LogP contribution >= 0.6 is 0 Å². The Morgan fingerprint density at radius 3 is 2.97 bits per heavy atom. The van der Waals surface area contributed by atoms with E-state index in [2.05, 4.69) is 25.6 Å². The lowest BCUT2D eigenvalue weighted by molar-refractivity contribution is -0.118. The molecule has 2 aromatic heterocycles. The normalized spacial score (nSPS) is 16.5. The molecule has 31 heavy (non-hydrogen) atoms. The van der Waals surface area contributed by atoms with Crippen molar-refractivity contribution >= 4 is 34.5 Å². The van der Waals surface area contributed by atoms with Crippen LogP contribution in [0, 0.1) is 5.92 Å². The fourth-order valence-corrected chi connectivity index (χ4v) is 4.01. The molecule has 0 unspecified atom stereocenters. The second-order valence-electron chi connectivity index (χ2n) is 7.72. The molecule has 1 saturated heterocycles. The predicted molar refractivity (Wildman–Crippen MR) is 114 cm³/mol. The van der Waals surface area contributed by atoms with Gasteiger partial charge in [0.25, 0.3) is 11.8 Å². The molecule has 0 radical (unpaired) electrons. The number of hydrogen-bond acceptors (Lipinski definition) is 7. The topological polar surface area (TPSA) is 121 Å². The summed E-state index contributed by atoms with van der Waals surface area (Å²) in [7, 11) is 0. The number of carbonyl (C=O) groups is 2. The van der Waals surface area contributed by atoms with E-state index in [-0.39, 0.29) is 30.9 Å². The molecule has 4 heterocycles. The van der Waals surface area contributed by atoms with Gasteiger partial charge in [-0.2, -0.15) is 5.10 Å². The van der Waals surface area contributed by atoms with Crippen LogP contribution < -0.4 is 20.3 Å². The minimum atomic E-state index is -0.344. The Balaban J connectivity index is 1.49. The Bertz CT molecular complexity index is 1150. The zero-order valence-corrected chi connectivity index (χ0v) is 16.7. The number of nitrogens with zero attached hydrogens (tertiary/aromatic N) is 4. The SMILES string of the molecule is O=C1COc2cc(N3CCC(CO)CC3)c(NC(=O)c3cnn4cccnc34)cc2N1. The number of piperidine rings is 1. The van der Waals surface area contributed by atoms with Crippen molar-refractivity contribution in [2.24, 2.45) is 5.92 Å². The molecule has 0 aliphatic carbocycles. The average Bonchev–Trinajstić information content (AvgIpc) is 3.23. The van der Waals surface area contributed by atoms with Gasteiger partial charge in [0.05, 0.1) is 23.3 Å². The number of fused-ring (bicyclic) bond motifs is 2. The first-order chi connectivity index (χ1) is 15.1. The van der Waals surface area contributed by atoms with Gasteiger partial charge in [-0.05, 0) is 30.9 Å². The van der Waals surface area contributed by atoms with Gasteiger partial charge in [-0.25, -0.2) is 9.50 Å². The second kappa shape index (κ2) is 7.88. The van der Waals surface area contributed by atoms with E-state index >= 15 is 0 Å². The van der Waals surface area contributed by atoms with Gasteiger partial charge in [0.2, 0.25) is 0 Å². The van der Waals surface area contributed by atoms with Crippen LogP contribution in [-0.2, 0) is 4.79 Å². The molecule has 5 rings (SSSR count). The van der Waals surface area contributed by atoms with E-state index in [0.717, 1.165) is 31.6 Å². The first kappa shape index (κ1) is 19.3. The van der Waals surface area contributed by atoms with Gasteiger partial charge in [0, 0.05) is 38.2 Å². The van der Waals surface area contributed by atoms with Gasteiger partial charge < -0.3 is 25.4 Å². The smallest absolute Gasteiger partial charge is 0.262 e. The van der Waals surface area contributed by atoms with E-state index in [9.17, 15) is 14.7 Å². The highest BCUT2D eigenvalue weighted by Crippen LogP contribution is 2.40. The molecule has 2 aliphatic rings. The Labute approximate surface area is 177 Å². The number of aliphatic hydroxyl groups is 1. The number of carbonyl (C=O) groups excluding carboxylic acids is 2. The average molecular weight is 422 g/mol. The number of ether oxygens (including phenoxy) is 1. The molecular weight excluding hydrogens is 400 g/mol. The van der Waals surface area contributed by atoms with Gasteiger partial charge in [-0.3, -0.25) is 9.59 Å². The number of amides is 2.